The van der Waals surface area contributed by atoms with E-state index in [2.05, 4.69) is 42.9 Å². The van der Waals surface area contributed by atoms with Crippen molar-refractivity contribution in [3.8, 4) is 0 Å². The van der Waals surface area contributed by atoms with Crippen LogP contribution in [0.15, 0.2) is 24.5 Å². The smallest absolute Gasteiger partial charge is 0.421 e. The number of pyridine rings is 1. The zero-order valence-electron chi connectivity index (χ0n) is 20.3. The molecule has 0 N–H and O–H groups in total. The van der Waals surface area contributed by atoms with Gasteiger partial charge in [-0.3, -0.25) is 0 Å². The molecule has 1 heterocycles. The molecule has 1 aromatic rings. The average Bonchev–Trinajstić information content (AvgIpc) is 2.72. The Bertz CT molecular complexity index is 965. The molecule has 0 aliphatic carbocycles. The normalized spacial score (nSPS) is 13.4. The summed E-state index contributed by atoms with van der Waals surface area (Å²) in [5, 5.41) is 0. The van der Waals surface area contributed by atoms with Crippen LogP contribution in [0.2, 0.25) is 6.04 Å². The summed E-state index contributed by atoms with van der Waals surface area (Å²) in [5.41, 5.74) is -11.0. The van der Waals surface area contributed by atoms with Crippen LogP contribution in [0.1, 0.15) is 32.3 Å². The van der Waals surface area contributed by atoms with Crippen LogP contribution in [-0.4, -0.2) is 58.0 Å². The Hall–Kier alpha value is -1.31. The Morgan fingerprint density at radius 1 is 0.917 bits per heavy atom. The molecule has 0 spiro atoms. The van der Waals surface area contributed by atoms with Crippen molar-refractivity contribution in [2.45, 2.75) is 56.7 Å². The van der Waals surface area contributed by atoms with Crippen molar-refractivity contribution in [2.75, 3.05) is 21.3 Å². The summed E-state index contributed by atoms with van der Waals surface area (Å²) in [6, 6.07) is 5.20. The first kappa shape index (κ1) is 34.7. The average molecular weight is 593 g/mol. The predicted molar refractivity (Wildman–Crippen MR) is 119 cm³/mol. The van der Waals surface area contributed by atoms with Crippen LogP contribution in [0.3, 0.4) is 0 Å². The Morgan fingerprint density at radius 2 is 1.39 bits per heavy atom. The molecule has 0 radical (unpaired) electrons. The fourth-order valence-corrected chi connectivity index (χ4v) is 6.22. The summed E-state index contributed by atoms with van der Waals surface area (Å²) in [7, 11) is -10.8. The highest BCUT2D eigenvalue weighted by Gasteiger charge is 2.47. The first-order valence-corrected chi connectivity index (χ1v) is 15.1. The van der Waals surface area contributed by atoms with E-state index in [1.165, 1.54) is 5.56 Å². The SMILES string of the molecule is CO[Si](CCCC[n+]1cccc(CC(C)C)c1)(OC)OC.O=S(=O)([N-]S(=O)(=O)C(F)(F)F)C(F)(F)F. The van der Waals surface area contributed by atoms with Gasteiger partial charge < -0.3 is 17.4 Å². The number of sulfonamides is 2. The number of hydrogen-bond acceptors (Lipinski definition) is 7. The van der Waals surface area contributed by atoms with E-state index >= 15 is 0 Å². The largest absolute Gasteiger partial charge is 0.500 e. The van der Waals surface area contributed by atoms with E-state index in [9.17, 15) is 43.2 Å². The van der Waals surface area contributed by atoms with E-state index in [4.69, 9.17) is 13.3 Å². The van der Waals surface area contributed by atoms with Gasteiger partial charge in [0, 0.05) is 45.4 Å². The van der Waals surface area contributed by atoms with E-state index < -0.39 is 39.9 Å². The Balaban J connectivity index is 0.000000723. The predicted octanol–water partition coefficient (Wildman–Crippen LogP) is 3.89. The van der Waals surface area contributed by atoms with Gasteiger partial charge in [0.1, 0.15) is 6.54 Å². The van der Waals surface area contributed by atoms with E-state index in [1.807, 2.05) is 0 Å². The summed E-state index contributed by atoms with van der Waals surface area (Å²) in [5.74, 6) is 0.692. The van der Waals surface area contributed by atoms with E-state index in [1.54, 1.807) is 21.3 Å². The first-order valence-electron chi connectivity index (χ1n) is 10.3. The van der Waals surface area contributed by atoms with Gasteiger partial charge in [0.25, 0.3) is 0 Å². The molecule has 212 valence electrons. The van der Waals surface area contributed by atoms with Crippen molar-refractivity contribution in [1.29, 1.82) is 0 Å². The minimum Gasteiger partial charge on any atom is -0.421 e. The Kier molecular flexibility index (Phi) is 13.5. The highest BCUT2D eigenvalue weighted by Crippen LogP contribution is 2.36. The first-order chi connectivity index (χ1) is 16.3. The molecule has 1 aromatic heterocycles. The van der Waals surface area contributed by atoms with Crippen molar-refractivity contribution >= 4 is 28.9 Å². The number of hydrogen-bond donors (Lipinski definition) is 0. The van der Waals surface area contributed by atoms with Crippen LogP contribution in [0.4, 0.5) is 26.3 Å². The van der Waals surface area contributed by atoms with Crippen LogP contribution < -0.4 is 4.57 Å². The highest BCUT2D eigenvalue weighted by atomic mass is 32.3. The van der Waals surface area contributed by atoms with Crippen molar-refractivity contribution in [3.63, 3.8) is 0 Å². The lowest BCUT2D eigenvalue weighted by atomic mass is 10.1. The molecule has 0 unspecified atom stereocenters. The van der Waals surface area contributed by atoms with Gasteiger partial charge in [-0.05, 0) is 24.8 Å². The van der Waals surface area contributed by atoms with E-state index in [0.717, 1.165) is 36.0 Å². The lowest BCUT2D eigenvalue weighted by Crippen LogP contribution is -2.42. The van der Waals surface area contributed by atoms with Crippen molar-refractivity contribution in [1.82, 2.24) is 0 Å². The topological polar surface area (TPSA) is 114 Å². The lowest BCUT2D eigenvalue weighted by molar-refractivity contribution is -0.697. The molecule has 0 atom stereocenters. The molecule has 0 aliphatic rings. The maximum atomic E-state index is 11.4. The third kappa shape index (κ3) is 11.4. The number of aromatic nitrogens is 1. The summed E-state index contributed by atoms with van der Waals surface area (Å²) in [6.45, 7) is 5.52. The molecule has 1 rings (SSSR count). The van der Waals surface area contributed by atoms with Gasteiger partial charge in [0.05, 0.1) is 0 Å². The maximum absolute atomic E-state index is 11.4. The molecule has 0 saturated heterocycles. The fraction of sp³-hybridized carbons (Fsp3) is 0.722. The van der Waals surface area contributed by atoms with Crippen LogP contribution >= 0.6 is 0 Å². The zero-order valence-corrected chi connectivity index (χ0v) is 22.9. The highest BCUT2D eigenvalue weighted by molar-refractivity contribution is 8.13. The Morgan fingerprint density at radius 3 is 1.78 bits per heavy atom. The van der Waals surface area contributed by atoms with Crippen LogP contribution in [-0.2, 0) is 46.3 Å². The van der Waals surface area contributed by atoms with Crippen LogP contribution in [0.25, 0.3) is 4.13 Å². The van der Waals surface area contributed by atoms with Gasteiger partial charge >= 0.3 is 19.8 Å². The molecule has 36 heavy (non-hydrogen) atoms. The second kappa shape index (κ2) is 14.0. The van der Waals surface area contributed by atoms with Crippen molar-refractivity contribution < 1.29 is 61.0 Å². The minimum atomic E-state index is -6.72. The lowest BCUT2D eigenvalue weighted by Gasteiger charge is -2.23. The van der Waals surface area contributed by atoms with E-state index in [0.29, 0.717) is 5.92 Å². The number of nitrogens with zero attached hydrogens (tertiary/aromatic N) is 2. The number of alkyl halides is 6. The molecule has 0 saturated carbocycles. The zero-order chi connectivity index (χ0) is 28.4. The van der Waals surface area contributed by atoms with Gasteiger partial charge in [0.2, 0.25) is 0 Å². The van der Waals surface area contributed by atoms with Gasteiger partial charge in [0.15, 0.2) is 32.4 Å². The number of rotatable bonds is 12. The monoisotopic (exact) mass is 592 g/mol. The fourth-order valence-electron chi connectivity index (χ4n) is 2.71. The molecule has 0 amide bonds. The number of halogens is 6. The third-order valence-corrected chi connectivity index (χ3v) is 10.00. The Labute approximate surface area is 208 Å². The van der Waals surface area contributed by atoms with E-state index in [-0.39, 0.29) is 0 Å². The molecule has 0 fully saturated rings. The standard InChI is InChI=1S/C16H30NO3Si.C2F6NO4S2/c1-15(2)13-16-9-8-11-17(14-16)10-6-7-12-21(18-3,19-4)20-5;3-1(4,5)14(10,11)9-15(12,13)2(6,7)8/h8-9,11,14-15H,6-7,10,12-13H2,1-5H3;/q+1;-1. The molecule has 9 nitrogen and oxygen atoms in total. The summed E-state index contributed by atoms with van der Waals surface area (Å²) in [4.78, 5) is 0. The molecule has 0 bridgehead atoms. The minimum absolute atomic E-state index is 0.692. The molecule has 0 aliphatic heterocycles. The number of unbranched alkanes of at least 4 members (excludes halogenated alkanes) is 1. The summed E-state index contributed by atoms with van der Waals surface area (Å²) >= 11 is 0. The van der Waals surface area contributed by atoms with Crippen molar-refractivity contribution in [2.24, 2.45) is 5.92 Å². The third-order valence-electron chi connectivity index (χ3n) is 4.43. The summed E-state index contributed by atoms with van der Waals surface area (Å²) in [6.07, 6.45) is 7.67. The van der Waals surface area contributed by atoms with Gasteiger partial charge in [-0.15, -0.1) is 0 Å². The van der Waals surface area contributed by atoms with Crippen molar-refractivity contribution in [3.05, 3.63) is 34.2 Å². The van der Waals surface area contributed by atoms with Crippen LogP contribution in [0.5, 0.6) is 0 Å². The number of aryl methyl sites for hydroxylation is 1. The second-order valence-electron chi connectivity index (χ2n) is 7.72. The maximum Gasteiger partial charge on any atom is 0.500 e. The second-order valence-corrected chi connectivity index (χ2v) is 14.2. The van der Waals surface area contributed by atoms with Gasteiger partial charge in [-0.1, -0.05) is 13.8 Å². The summed E-state index contributed by atoms with van der Waals surface area (Å²) < 4.78 is 128. The van der Waals surface area contributed by atoms with Crippen LogP contribution in [0, 0.1) is 5.92 Å². The quantitative estimate of drug-likeness (QED) is 0.157. The molecular weight excluding hydrogens is 562 g/mol. The van der Waals surface area contributed by atoms with Gasteiger partial charge in [-0.25, -0.2) is 21.4 Å². The molecule has 0 aromatic carbocycles. The molecule has 18 heteroatoms. The van der Waals surface area contributed by atoms with Gasteiger partial charge in [-0.2, -0.15) is 26.3 Å². The molecular formula is C18H30F6N2O7S2Si.